The van der Waals surface area contributed by atoms with E-state index in [-0.39, 0.29) is 16.8 Å². The van der Waals surface area contributed by atoms with Gasteiger partial charge in [-0.25, -0.2) is 0 Å². The van der Waals surface area contributed by atoms with Gasteiger partial charge in [0, 0.05) is 11.8 Å². The van der Waals surface area contributed by atoms with E-state index in [1.807, 2.05) is 0 Å². The van der Waals surface area contributed by atoms with E-state index in [2.05, 4.69) is 41.5 Å². The van der Waals surface area contributed by atoms with Crippen molar-refractivity contribution >= 4 is 5.97 Å². The van der Waals surface area contributed by atoms with Gasteiger partial charge < -0.3 is 4.74 Å². The van der Waals surface area contributed by atoms with Crippen molar-refractivity contribution < 1.29 is 9.53 Å². The van der Waals surface area contributed by atoms with Crippen molar-refractivity contribution in [2.75, 3.05) is 6.61 Å². The summed E-state index contributed by atoms with van der Waals surface area (Å²) in [5.41, 5.74) is 0.397. The largest absolute Gasteiger partial charge is 0.465 e. The Morgan fingerprint density at radius 1 is 1.06 bits per heavy atom. The van der Waals surface area contributed by atoms with Crippen molar-refractivity contribution in [3.05, 3.63) is 0 Å². The number of hydrogen-bond donors (Lipinski definition) is 0. The van der Waals surface area contributed by atoms with E-state index in [0.717, 1.165) is 32.1 Å². The molecule has 2 nitrogen and oxygen atoms in total. The molecule has 0 heterocycles. The molecule has 0 aliphatic heterocycles. The zero-order valence-corrected chi connectivity index (χ0v) is 13.3. The molecule has 0 fully saturated rings. The van der Waals surface area contributed by atoms with E-state index < -0.39 is 0 Å². The summed E-state index contributed by atoms with van der Waals surface area (Å²) < 4.78 is 5.47. The minimum absolute atomic E-state index is 0.0342. The molecule has 0 saturated heterocycles. The summed E-state index contributed by atoms with van der Waals surface area (Å²) >= 11 is 0. The number of rotatable bonds is 8. The van der Waals surface area contributed by atoms with E-state index in [4.69, 9.17) is 4.74 Å². The second-order valence-corrected chi connectivity index (χ2v) is 7.06. The first-order valence-corrected chi connectivity index (χ1v) is 7.38. The molecule has 0 aromatic carbocycles. The van der Waals surface area contributed by atoms with Crippen LogP contribution in [0.15, 0.2) is 0 Å². The quantitative estimate of drug-likeness (QED) is 0.574. The van der Waals surface area contributed by atoms with Gasteiger partial charge in [0.25, 0.3) is 0 Å². The minimum Gasteiger partial charge on any atom is -0.465 e. The molecule has 0 N–H and O–H groups in total. The molecule has 1 atom stereocenters. The monoisotopic (exact) mass is 256 g/mol. The Morgan fingerprint density at radius 2 is 1.67 bits per heavy atom. The first-order chi connectivity index (χ1) is 8.22. The van der Waals surface area contributed by atoms with Gasteiger partial charge in [0.2, 0.25) is 0 Å². The average Bonchev–Trinajstić information content (AvgIpc) is 2.21. The number of hydrogen-bond acceptors (Lipinski definition) is 2. The van der Waals surface area contributed by atoms with E-state index in [1.54, 1.807) is 0 Å². The van der Waals surface area contributed by atoms with Gasteiger partial charge in [-0.1, -0.05) is 54.4 Å². The number of carbonyl (C=O) groups excluding carboxylic acids is 1. The van der Waals surface area contributed by atoms with Crippen LogP contribution in [0.3, 0.4) is 0 Å². The van der Waals surface area contributed by atoms with Crippen LogP contribution in [0.4, 0.5) is 0 Å². The Kier molecular flexibility index (Phi) is 7.58. The van der Waals surface area contributed by atoms with Crippen LogP contribution in [-0.2, 0) is 9.53 Å². The van der Waals surface area contributed by atoms with Crippen LogP contribution in [-0.4, -0.2) is 12.6 Å². The van der Waals surface area contributed by atoms with Gasteiger partial charge in [0.15, 0.2) is 0 Å². The second-order valence-electron chi connectivity index (χ2n) is 7.06. The Hall–Kier alpha value is -0.530. The number of ether oxygens (including phenoxy) is 1. The van der Waals surface area contributed by atoms with Crippen LogP contribution in [0, 0.1) is 10.8 Å². The lowest BCUT2D eigenvalue weighted by atomic mass is 9.73. The molecule has 0 rings (SSSR count). The van der Waals surface area contributed by atoms with Crippen molar-refractivity contribution in [2.45, 2.75) is 80.1 Å². The topological polar surface area (TPSA) is 26.3 Å². The first kappa shape index (κ1) is 17.5. The summed E-state index contributed by atoms with van der Waals surface area (Å²) in [7, 11) is 0. The van der Waals surface area contributed by atoms with Gasteiger partial charge in [0.05, 0.1) is 6.61 Å². The van der Waals surface area contributed by atoms with Crippen molar-refractivity contribution in [3.63, 3.8) is 0 Å². The third-order valence-corrected chi connectivity index (χ3v) is 3.13. The van der Waals surface area contributed by atoms with Gasteiger partial charge >= 0.3 is 5.97 Å². The third kappa shape index (κ3) is 8.54. The van der Waals surface area contributed by atoms with Gasteiger partial charge in [-0.15, -0.1) is 0 Å². The molecule has 0 aromatic heterocycles. The van der Waals surface area contributed by atoms with Crippen LogP contribution in [0.25, 0.3) is 0 Å². The molecule has 0 radical (unpaired) electrons. The summed E-state index contributed by atoms with van der Waals surface area (Å²) in [5, 5.41) is 0. The Morgan fingerprint density at radius 3 is 2.11 bits per heavy atom. The molecular formula is C16H32O2. The molecule has 2 heteroatoms. The lowest BCUT2D eigenvalue weighted by molar-refractivity contribution is -0.148. The standard InChI is InChI=1S/C16H32O2/c1-7-9-10-14(17)18-13-16(6,11-8-2)12-15(3,4)5/h7-13H2,1-6H3. The molecule has 108 valence electrons. The molecule has 0 amide bonds. The molecule has 0 aliphatic rings. The normalized spacial score (nSPS) is 15.2. The van der Waals surface area contributed by atoms with E-state index in [9.17, 15) is 4.79 Å². The highest BCUT2D eigenvalue weighted by molar-refractivity contribution is 5.69. The fraction of sp³-hybridized carbons (Fsp3) is 0.938. The van der Waals surface area contributed by atoms with Crippen molar-refractivity contribution in [1.82, 2.24) is 0 Å². The van der Waals surface area contributed by atoms with Crippen molar-refractivity contribution in [2.24, 2.45) is 10.8 Å². The van der Waals surface area contributed by atoms with Crippen LogP contribution < -0.4 is 0 Å². The molecule has 0 spiro atoms. The number of esters is 1. The highest BCUT2D eigenvalue weighted by Crippen LogP contribution is 2.37. The van der Waals surface area contributed by atoms with Gasteiger partial charge in [-0.2, -0.15) is 0 Å². The maximum atomic E-state index is 11.6. The number of carbonyl (C=O) groups is 1. The summed E-state index contributed by atoms with van der Waals surface area (Å²) in [6.07, 6.45) is 5.89. The molecule has 0 saturated carbocycles. The predicted molar refractivity (Wildman–Crippen MR) is 77.6 cm³/mol. The summed E-state index contributed by atoms with van der Waals surface area (Å²) in [6, 6.07) is 0. The van der Waals surface area contributed by atoms with Crippen molar-refractivity contribution in [3.8, 4) is 0 Å². The maximum Gasteiger partial charge on any atom is 0.305 e. The zero-order chi connectivity index (χ0) is 14.2. The van der Waals surface area contributed by atoms with E-state index >= 15 is 0 Å². The summed E-state index contributed by atoms with van der Waals surface area (Å²) in [6.45, 7) is 13.9. The lowest BCUT2D eigenvalue weighted by Crippen LogP contribution is -2.30. The Bertz CT molecular complexity index is 240. The summed E-state index contributed by atoms with van der Waals surface area (Å²) in [5.74, 6) is -0.0342. The van der Waals surface area contributed by atoms with E-state index in [1.165, 1.54) is 0 Å². The second kappa shape index (κ2) is 7.81. The Balaban J connectivity index is 4.30. The number of unbranched alkanes of at least 4 members (excludes halogenated alkanes) is 1. The molecule has 18 heavy (non-hydrogen) atoms. The molecule has 0 bridgehead atoms. The SMILES string of the molecule is CCCCC(=O)OCC(C)(CCC)CC(C)(C)C. The molecule has 0 aromatic rings. The highest BCUT2D eigenvalue weighted by atomic mass is 16.5. The zero-order valence-electron chi connectivity index (χ0n) is 13.3. The minimum atomic E-state index is -0.0342. The van der Waals surface area contributed by atoms with Crippen LogP contribution in [0.1, 0.15) is 80.1 Å². The lowest BCUT2D eigenvalue weighted by Gasteiger charge is -2.35. The third-order valence-electron chi connectivity index (χ3n) is 3.13. The molecule has 1 unspecified atom stereocenters. The molecular weight excluding hydrogens is 224 g/mol. The fourth-order valence-electron chi connectivity index (χ4n) is 2.74. The highest BCUT2D eigenvalue weighted by Gasteiger charge is 2.30. The van der Waals surface area contributed by atoms with Crippen LogP contribution >= 0.6 is 0 Å². The molecule has 0 aliphatic carbocycles. The Labute approximate surface area is 113 Å². The van der Waals surface area contributed by atoms with Crippen LogP contribution in [0.2, 0.25) is 0 Å². The van der Waals surface area contributed by atoms with Gasteiger partial charge in [0.1, 0.15) is 0 Å². The van der Waals surface area contributed by atoms with E-state index in [0.29, 0.717) is 13.0 Å². The average molecular weight is 256 g/mol. The van der Waals surface area contributed by atoms with Crippen LogP contribution in [0.5, 0.6) is 0 Å². The first-order valence-electron chi connectivity index (χ1n) is 7.38. The summed E-state index contributed by atoms with van der Waals surface area (Å²) in [4.78, 5) is 11.6. The van der Waals surface area contributed by atoms with Gasteiger partial charge in [-0.3, -0.25) is 4.79 Å². The maximum absolute atomic E-state index is 11.6. The van der Waals surface area contributed by atoms with Gasteiger partial charge in [-0.05, 0) is 24.7 Å². The predicted octanol–water partition coefficient (Wildman–Crippen LogP) is 4.96. The smallest absolute Gasteiger partial charge is 0.305 e. The van der Waals surface area contributed by atoms with Crippen molar-refractivity contribution in [1.29, 1.82) is 0 Å². The fourth-order valence-corrected chi connectivity index (χ4v) is 2.74.